The quantitative estimate of drug-likeness (QED) is 0.653. The van der Waals surface area contributed by atoms with Gasteiger partial charge >= 0.3 is 0 Å². The first-order valence-corrected chi connectivity index (χ1v) is 5.83. The molecule has 1 nitrogen and oxygen atoms in total. The SMILES string of the molecule is C=CC[C@H](N)c1ccc(Br)c(I)c1. The van der Waals surface area contributed by atoms with Gasteiger partial charge < -0.3 is 5.73 Å². The molecule has 1 atom stereocenters. The van der Waals surface area contributed by atoms with E-state index in [4.69, 9.17) is 5.73 Å². The van der Waals surface area contributed by atoms with Crippen molar-refractivity contribution < 1.29 is 0 Å². The van der Waals surface area contributed by atoms with E-state index in [1.165, 1.54) is 3.57 Å². The molecule has 0 aliphatic carbocycles. The molecule has 0 saturated carbocycles. The Kier molecular flexibility index (Phi) is 4.41. The van der Waals surface area contributed by atoms with Crippen LogP contribution in [-0.2, 0) is 0 Å². The van der Waals surface area contributed by atoms with E-state index in [1.807, 2.05) is 18.2 Å². The fraction of sp³-hybridized carbons (Fsp3) is 0.200. The van der Waals surface area contributed by atoms with Crippen molar-refractivity contribution in [1.82, 2.24) is 0 Å². The highest BCUT2D eigenvalue weighted by molar-refractivity contribution is 14.1. The topological polar surface area (TPSA) is 26.0 Å². The van der Waals surface area contributed by atoms with Gasteiger partial charge in [0.15, 0.2) is 0 Å². The second-order valence-corrected chi connectivity index (χ2v) is 4.82. The van der Waals surface area contributed by atoms with E-state index in [9.17, 15) is 0 Å². The Morgan fingerprint density at radius 3 is 2.85 bits per heavy atom. The normalized spacial score (nSPS) is 12.5. The van der Waals surface area contributed by atoms with Crippen LogP contribution in [0.1, 0.15) is 18.0 Å². The van der Waals surface area contributed by atoms with Gasteiger partial charge in [0.2, 0.25) is 0 Å². The predicted molar refractivity (Wildman–Crippen MR) is 68.6 cm³/mol. The van der Waals surface area contributed by atoms with Crippen molar-refractivity contribution >= 4 is 38.5 Å². The zero-order valence-corrected chi connectivity index (χ0v) is 10.9. The average molecular weight is 352 g/mol. The zero-order valence-electron chi connectivity index (χ0n) is 7.13. The molecule has 0 fully saturated rings. The molecule has 3 heteroatoms. The number of rotatable bonds is 3. The van der Waals surface area contributed by atoms with Gasteiger partial charge in [0, 0.05) is 14.1 Å². The summed E-state index contributed by atoms with van der Waals surface area (Å²) in [7, 11) is 0. The number of hydrogen-bond acceptors (Lipinski definition) is 1. The Hall–Kier alpha value is 0.130. The number of nitrogens with two attached hydrogens (primary N) is 1. The average Bonchev–Trinajstić information content (AvgIpc) is 2.10. The number of halogens is 2. The third-order valence-electron chi connectivity index (χ3n) is 1.79. The first-order valence-electron chi connectivity index (χ1n) is 3.96. The molecule has 1 aromatic carbocycles. The molecule has 0 aromatic heterocycles. The molecule has 2 N–H and O–H groups in total. The first-order chi connectivity index (χ1) is 6.15. The van der Waals surface area contributed by atoms with Crippen LogP contribution in [0.25, 0.3) is 0 Å². The van der Waals surface area contributed by atoms with E-state index < -0.39 is 0 Å². The number of benzene rings is 1. The minimum atomic E-state index is 0.0686. The molecule has 70 valence electrons. The van der Waals surface area contributed by atoms with Gasteiger partial charge in [-0.15, -0.1) is 6.58 Å². The molecule has 0 radical (unpaired) electrons. The maximum absolute atomic E-state index is 5.93. The van der Waals surface area contributed by atoms with Gasteiger partial charge in [-0.1, -0.05) is 12.1 Å². The van der Waals surface area contributed by atoms with E-state index in [2.05, 4.69) is 51.2 Å². The predicted octanol–water partition coefficient (Wildman–Crippen LogP) is 3.63. The van der Waals surface area contributed by atoms with Crippen LogP contribution < -0.4 is 5.73 Å². The largest absolute Gasteiger partial charge is 0.324 e. The second kappa shape index (κ2) is 5.12. The molecule has 0 unspecified atom stereocenters. The second-order valence-electron chi connectivity index (χ2n) is 2.80. The van der Waals surface area contributed by atoms with E-state index in [0.717, 1.165) is 16.5 Å². The molecule has 0 aliphatic heterocycles. The third kappa shape index (κ3) is 3.07. The van der Waals surface area contributed by atoms with Gasteiger partial charge in [0.25, 0.3) is 0 Å². The summed E-state index contributed by atoms with van der Waals surface area (Å²) >= 11 is 5.73. The first kappa shape index (κ1) is 11.2. The van der Waals surface area contributed by atoms with Crippen LogP contribution in [0, 0.1) is 3.57 Å². The van der Waals surface area contributed by atoms with Crippen LogP contribution in [0.3, 0.4) is 0 Å². The highest BCUT2D eigenvalue weighted by Gasteiger charge is 2.05. The fourth-order valence-corrected chi connectivity index (χ4v) is 1.84. The Morgan fingerprint density at radius 2 is 2.31 bits per heavy atom. The molecule has 0 amide bonds. The third-order valence-corrected chi connectivity index (χ3v) is 4.12. The molecule has 0 aliphatic rings. The summed E-state index contributed by atoms with van der Waals surface area (Å²) in [6, 6.07) is 6.23. The maximum atomic E-state index is 5.93. The van der Waals surface area contributed by atoms with Gasteiger partial charge in [0.05, 0.1) is 0 Å². The highest BCUT2D eigenvalue weighted by Crippen LogP contribution is 2.23. The summed E-state index contributed by atoms with van der Waals surface area (Å²) in [5, 5.41) is 0. The standard InChI is InChI=1S/C10H11BrIN/c1-2-3-10(13)7-4-5-8(11)9(12)6-7/h2,4-6,10H,1,3,13H2/t10-/m0/s1. The Morgan fingerprint density at radius 1 is 1.62 bits per heavy atom. The van der Waals surface area contributed by atoms with Crippen molar-refractivity contribution in [2.45, 2.75) is 12.5 Å². The van der Waals surface area contributed by atoms with Crippen molar-refractivity contribution in [3.05, 3.63) is 44.5 Å². The van der Waals surface area contributed by atoms with Crippen molar-refractivity contribution in [3.8, 4) is 0 Å². The minimum Gasteiger partial charge on any atom is -0.324 e. The van der Waals surface area contributed by atoms with Gasteiger partial charge in [-0.3, -0.25) is 0 Å². The highest BCUT2D eigenvalue weighted by atomic mass is 127. The Labute approximate surface area is 101 Å². The lowest BCUT2D eigenvalue weighted by molar-refractivity contribution is 0.741. The van der Waals surface area contributed by atoms with Crippen LogP contribution >= 0.6 is 38.5 Å². The fourth-order valence-electron chi connectivity index (χ4n) is 1.06. The molecule has 0 heterocycles. The summed E-state index contributed by atoms with van der Waals surface area (Å²) in [5.74, 6) is 0. The summed E-state index contributed by atoms with van der Waals surface area (Å²) in [4.78, 5) is 0. The van der Waals surface area contributed by atoms with Crippen LogP contribution in [0.15, 0.2) is 35.3 Å². The van der Waals surface area contributed by atoms with Gasteiger partial charge in [0.1, 0.15) is 0 Å². The number of hydrogen-bond donors (Lipinski definition) is 1. The van der Waals surface area contributed by atoms with Crippen molar-refractivity contribution in [3.63, 3.8) is 0 Å². The van der Waals surface area contributed by atoms with Crippen LogP contribution in [0.2, 0.25) is 0 Å². The van der Waals surface area contributed by atoms with E-state index in [0.29, 0.717) is 0 Å². The maximum Gasteiger partial charge on any atom is 0.0330 e. The van der Waals surface area contributed by atoms with Gasteiger partial charge in [-0.25, -0.2) is 0 Å². The summed E-state index contributed by atoms with van der Waals surface area (Å²) < 4.78 is 2.30. The molecule has 0 bridgehead atoms. The lowest BCUT2D eigenvalue weighted by Crippen LogP contribution is -2.08. The van der Waals surface area contributed by atoms with Crippen LogP contribution in [0.4, 0.5) is 0 Å². The van der Waals surface area contributed by atoms with Crippen LogP contribution in [0.5, 0.6) is 0 Å². The Bertz CT molecular complexity index is 312. The molecule has 1 aromatic rings. The van der Waals surface area contributed by atoms with Gasteiger partial charge in [-0.2, -0.15) is 0 Å². The van der Waals surface area contributed by atoms with E-state index >= 15 is 0 Å². The van der Waals surface area contributed by atoms with Crippen molar-refractivity contribution in [2.24, 2.45) is 5.73 Å². The molecule has 0 spiro atoms. The van der Waals surface area contributed by atoms with Gasteiger partial charge in [-0.05, 0) is 62.6 Å². The van der Waals surface area contributed by atoms with E-state index in [1.54, 1.807) is 0 Å². The molecule has 1 rings (SSSR count). The van der Waals surface area contributed by atoms with Crippen molar-refractivity contribution in [2.75, 3.05) is 0 Å². The minimum absolute atomic E-state index is 0.0686. The monoisotopic (exact) mass is 351 g/mol. The summed E-state index contributed by atoms with van der Waals surface area (Å²) in [6.45, 7) is 3.68. The zero-order chi connectivity index (χ0) is 9.84. The Balaban J connectivity index is 2.89. The molecule has 0 saturated heterocycles. The van der Waals surface area contributed by atoms with Crippen molar-refractivity contribution in [1.29, 1.82) is 0 Å². The lowest BCUT2D eigenvalue weighted by Gasteiger charge is -2.10. The molecular formula is C10H11BrIN. The molecule has 13 heavy (non-hydrogen) atoms. The summed E-state index contributed by atoms with van der Waals surface area (Å²) in [6.07, 6.45) is 2.66. The smallest absolute Gasteiger partial charge is 0.0330 e. The molecular weight excluding hydrogens is 341 g/mol. The lowest BCUT2D eigenvalue weighted by atomic mass is 10.1. The van der Waals surface area contributed by atoms with E-state index in [-0.39, 0.29) is 6.04 Å². The van der Waals surface area contributed by atoms with Crippen LogP contribution in [-0.4, -0.2) is 0 Å². The summed E-state index contributed by atoms with van der Waals surface area (Å²) in [5.41, 5.74) is 7.09.